The average Bonchev–Trinajstić information content (AvgIpc) is 2.70. The molecule has 0 spiro atoms. The minimum absolute atomic E-state index is 0.441. The number of aromatic nitrogens is 2. The van der Waals surface area contributed by atoms with E-state index in [2.05, 4.69) is 5.10 Å². The van der Waals surface area contributed by atoms with Gasteiger partial charge >= 0.3 is 0 Å². The van der Waals surface area contributed by atoms with Crippen molar-refractivity contribution in [2.45, 2.75) is 12.6 Å². The average molecular weight is 203 g/mol. The van der Waals surface area contributed by atoms with Crippen molar-refractivity contribution < 1.29 is 5.11 Å². The lowest BCUT2D eigenvalue weighted by molar-refractivity contribution is 0.151. The molecule has 0 aliphatic rings. The van der Waals surface area contributed by atoms with E-state index < -0.39 is 6.10 Å². The van der Waals surface area contributed by atoms with Crippen LogP contribution >= 0.6 is 0 Å². The maximum absolute atomic E-state index is 9.90. The first-order chi connectivity index (χ1) is 7.25. The van der Waals surface area contributed by atoms with E-state index in [0.29, 0.717) is 12.2 Å². The van der Waals surface area contributed by atoms with E-state index in [9.17, 15) is 5.11 Å². The fraction of sp³-hybridized carbons (Fsp3) is 0.182. The van der Waals surface area contributed by atoms with Gasteiger partial charge in [-0.15, -0.1) is 0 Å². The normalized spacial score (nSPS) is 12.6. The third-order valence-corrected chi connectivity index (χ3v) is 2.21. The van der Waals surface area contributed by atoms with Gasteiger partial charge in [-0.25, -0.2) is 0 Å². The van der Waals surface area contributed by atoms with Crippen LogP contribution in [-0.4, -0.2) is 14.9 Å². The summed E-state index contributed by atoms with van der Waals surface area (Å²) in [5.74, 6) is 0. The summed E-state index contributed by atoms with van der Waals surface area (Å²) in [6, 6.07) is 9.08. The van der Waals surface area contributed by atoms with Crippen molar-refractivity contribution in [1.82, 2.24) is 9.78 Å². The molecule has 3 N–H and O–H groups in total. The summed E-state index contributed by atoms with van der Waals surface area (Å²) in [5.41, 5.74) is 7.11. The maximum Gasteiger partial charge on any atom is 0.0986 e. The number of nitrogen functional groups attached to an aromatic ring is 1. The number of rotatable bonds is 3. The highest BCUT2D eigenvalue weighted by molar-refractivity contribution is 5.41. The third kappa shape index (κ3) is 2.35. The number of aliphatic hydroxyl groups is 1. The van der Waals surface area contributed by atoms with Gasteiger partial charge in [0.1, 0.15) is 0 Å². The zero-order valence-corrected chi connectivity index (χ0v) is 8.24. The molecule has 78 valence electrons. The van der Waals surface area contributed by atoms with Crippen molar-refractivity contribution in [1.29, 1.82) is 0 Å². The highest BCUT2D eigenvalue weighted by atomic mass is 16.3. The Balaban J connectivity index is 2.11. The summed E-state index contributed by atoms with van der Waals surface area (Å²) in [6.45, 7) is 0.441. The molecule has 1 atom stereocenters. The minimum Gasteiger partial charge on any atom is -0.399 e. The second-order valence-corrected chi connectivity index (χ2v) is 3.41. The molecule has 0 saturated heterocycles. The van der Waals surface area contributed by atoms with Gasteiger partial charge in [-0.1, -0.05) is 12.1 Å². The molecule has 4 nitrogen and oxygen atoms in total. The van der Waals surface area contributed by atoms with E-state index >= 15 is 0 Å². The molecule has 1 aromatic heterocycles. The van der Waals surface area contributed by atoms with Crippen LogP contribution in [0.1, 0.15) is 11.7 Å². The van der Waals surface area contributed by atoms with E-state index in [4.69, 9.17) is 5.73 Å². The fourth-order valence-electron chi connectivity index (χ4n) is 1.46. The van der Waals surface area contributed by atoms with Crippen molar-refractivity contribution in [2.75, 3.05) is 5.73 Å². The molecule has 0 bridgehead atoms. The van der Waals surface area contributed by atoms with Crippen molar-refractivity contribution >= 4 is 5.69 Å². The van der Waals surface area contributed by atoms with Crippen LogP contribution in [0.15, 0.2) is 42.7 Å². The molecular formula is C11H13N3O. The fourth-order valence-corrected chi connectivity index (χ4v) is 1.46. The lowest BCUT2D eigenvalue weighted by Gasteiger charge is -2.11. The second kappa shape index (κ2) is 4.14. The highest BCUT2D eigenvalue weighted by Crippen LogP contribution is 2.16. The van der Waals surface area contributed by atoms with Gasteiger partial charge in [0.2, 0.25) is 0 Å². The van der Waals surface area contributed by atoms with Crippen LogP contribution in [-0.2, 0) is 6.54 Å². The summed E-state index contributed by atoms with van der Waals surface area (Å²) in [7, 11) is 0. The van der Waals surface area contributed by atoms with Crippen molar-refractivity contribution in [3.8, 4) is 0 Å². The van der Waals surface area contributed by atoms with Crippen molar-refractivity contribution in [3.05, 3.63) is 48.3 Å². The Labute approximate surface area is 88.0 Å². The SMILES string of the molecule is Nc1cccc(C(O)Cn2cccn2)c1. The van der Waals surface area contributed by atoms with Gasteiger partial charge in [-0.3, -0.25) is 4.68 Å². The summed E-state index contributed by atoms with van der Waals surface area (Å²) in [4.78, 5) is 0. The predicted octanol–water partition coefficient (Wildman–Crippen LogP) is 1.20. The van der Waals surface area contributed by atoms with Crippen LogP contribution < -0.4 is 5.73 Å². The molecule has 1 unspecified atom stereocenters. The number of nitrogens with zero attached hydrogens (tertiary/aromatic N) is 2. The number of hydrogen-bond acceptors (Lipinski definition) is 3. The molecule has 1 heterocycles. The monoisotopic (exact) mass is 203 g/mol. The van der Waals surface area contributed by atoms with Gasteiger partial charge in [0.15, 0.2) is 0 Å². The van der Waals surface area contributed by atoms with Gasteiger partial charge in [0, 0.05) is 18.1 Å². The lowest BCUT2D eigenvalue weighted by Crippen LogP contribution is -2.09. The number of benzene rings is 1. The molecular weight excluding hydrogens is 190 g/mol. The predicted molar refractivity (Wildman–Crippen MR) is 58.0 cm³/mol. The maximum atomic E-state index is 9.90. The molecule has 0 saturated carbocycles. The van der Waals surface area contributed by atoms with Gasteiger partial charge in [0.25, 0.3) is 0 Å². The standard InChI is InChI=1S/C11H13N3O/c12-10-4-1-3-9(7-10)11(15)8-14-6-2-5-13-14/h1-7,11,15H,8,12H2. The Morgan fingerprint density at radius 1 is 1.40 bits per heavy atom. The summed E-state index contributed by atoms with van der Waals surface area (Å²) >= 11 is 0. The van der Waals surface area contributed by atoms with Crippen LogP contribution in [0.25, 0.3) is 0 Å². The lowest BCUT2D eigenvalue weighted by atomic mass is 10.1. The second-order valence-electron chi connectivity index (χ2n) is 3.41. The Kier molecular flexibility index (Phi) is 2.69. The van der Waals surface area contributed by atoms with Crippen LogP contribution in [0.2, 0.25) is 0 Å². The highest BCUT2D eigenvalue weighted by Gasteiger charge is 2.08. The molecule has 1 aromatic carbocycles. The van der Waals surface area contributed by atoms with Gasteiger partial charge < -0.3 is 10.8 Å². The number of aliphatic hydroxyl groups excluding tert-OH is 1. The number of nitrogens with two attached hydrogens (primary N) is 1. The van der Waals surface area contributed by atoms with E-state index in [1.165, 1.54) is 0 Å². The zero-order valence-electron chi connectivity index (χ0n) is 8.24. The smallest absolute Gasteiger partial charge is 0.0986 e. The zero-order chi connectivity index (χ0) is 10.7. The molecule has 0 aliphatic heterocycles. The molecule has 2 aromatic rings. The topological polar surface area (TPSA) is 64.1 Å². The van der Waals surface area contributed by atoms with Gasteiger partial charge in [0.05, 0.1) is 12.6 Å². The first kappa shape index (κ1) is 9.73. The Morgan fingerprint density at radius 2 is 2.27 bits per heavy atom. The first-order valence-corrected chi connectivity index (χ1v) is 4.76. The molecule has 0 aliphatic carbocycles. The van der Waals surface area contributed by atoms with Crippen molar-refractivity contribution in [2.24, 2.45) is 0 Å². The third-order valence-electron chi connectivity index (χ3n) is 2.21. The van der Waals surface area contributed by atoms with E-state index in [1.54, 1.807) is 23.0 Å². The summed E-state index contributed by atoms with van der Waals surface area (Å²) in [6.07, 6.45) is 2.93. The number of hydrogen-bond donors (Lipinski definition) is 2. The largest absolute Gasteiger partial charge is 0.399 e. The van der Waals surface area contributed by atoms with Crippen LogP contribution in [0.4, 0.5) is 5.69 Å². The minimum atomic E-state index is -0.576. The molecule has 4 heteroatoms. The van der Waals surface area contributed by atoms with Crippen LogP contribution in [0, 0.1) is 0 Å². The van der Waals surface area contributed by atoms with Crippen LogP contribution in [0.5, 0.6) is 0 Å². The Morgan fingerprint density at radius 3 is 2.93 bits per heavy atom. The Hall–Kier alpha value is -1.81. The molecule has 15 heavy (non-hydrogen) atoms. The van der Waals surface area contributed by atoms with Crippen molar-refractivity contribution in [3.63, 3.8) is 0 Å². The summed E-state index contributed by atoms with van der Waals surface area (Å²) < 4.78 is 1.69. The quantitative estimate of drug-likeness (QED) is 0.737. The van der Waals surface area contributed by atoms with Crippen LogP contribution in [0.3, 0.4) is 0 Å². The molecule has 0 amide bonds. The van der Waals surface area contributed by atoms with E-state index in [1.807, 2.05) is 24.4 Å². The molecule has 0 radical (unpaired) electrons. The van der Waals surface area contributed by atoms with E-state index in [0.717, 1.165) is 5.56 Å². The van der Waals surface area contributed by atoms with E-state index in [-0.39, 0.29) is 0 Å². The first-order valence-electron chi connectivity index (χ1n) is 4.76. The number of anilines is 1. The molecule has 0 fully saturated rings. The van der Waals surface area contributed by atoms with Gasteiger partial charge in [-0.2, -0.15) is 5.10 Å². The Bertz CT molecular complexity index is 425. The van der Waals surface area contributed by atoms with Gasteiger partial charge in [-0.05, 0) is 23.8 Å². The molecule has 2 rings (SSSR count). The summed E-state index contributed by atoms with van der Waals surface area (Å²) in [5, 5.41) is 13.9.